The molecule has 0 spiro atoms. The van der Waals surface area contributed by atoms with Crippen molar-refractivity contribution in [3.63, 3.8) is 0 Å². The molecule has 0 aliphatic carbocycles. The Morgan fingerprint density at radius 1 is 1.28 bits per heavy atom. The first-order chi connectivity index (χ1) is 14.0. The number of para-hydroxylation sites is 1. The highest BCUT2D eigenvalue weighted by atomic mass is 35.5. The van der Waals surface area contributed by atoms with Crippen LogP contribution in [0.25, 0.3) is 10.9 Å². The fourth-order valence-electron chi connectivity index (χ4n) is 3.32. The number of H-pyrrole nitrogens is 1. The first kappa shape index (κ1) is 20.8. The van der Waals surface area contributed by atoms with E-state index in [4.69, 9.17) is 16.3 Å². The number of aryl methyl sites for hydroxylation is 2. The number of amides is 1. The van der Waals surface area contributed by atoms with Crippen molar-refractivity contribution in [2.75, 3.05) is 13.2 Å². The Labute approximate surface area is 175 Å². The minimum atomic E-state index is -0.743. The van der Waals surface area contributed by atoms with Crippen LogP contribution in [0.2, 0.25) is 5.02 Å². The zero-order valence-electron chi connectivity index (χ0n) is 16.6. The topological polar surface area (TPSA) is 77.9 Å². The van der Waals surface area contributed by atoms with E-state index in [0.29, 0.717) is 25.1 Å². The molecule has 1 aromatic heterocycles. The number of hydrogen-bond acceptors (Lipinski definition) is 3. The van der Waals surface area contributed by atoms with Gasteiger partial charge in [0, 0.05) is 35.1 Å². The largest absolute Gasteiger partial charge is 0.494 e. The van der Waals surface area contributed by atoms with Crippen molar-refractivity contribution in [2.45, 2.75) is 26.7 Å². The van der Waals surface area contributed by atoms with Crippen molar-refractivity contribution in [1.82, 2.24) is 10.3 Å². The number of aromatic amines is 1. The highest BCUT2D eigenvalue weighted by molar-refractivity contribution is 6.32. The van der Waals surface area contributed by atoms with E-state index in [1.165, 1.54) is 0 Å². The Morgan fingerprint density at radius 3 is 2.72 bits per heavy atom. The summed E-state index contributed by atoms with van der Waals surface area (Å²) in [7, 11) is 0. The summed E-state index contributed by atoms with van der Waals surface area (Å²) in [5.74, 6) is -0.312. The Balaban J connectivity index is 1.47. The van der Waals surface area contributed by atoms with Gasteiger partial charge in [-0.15, -0.1) is 0 Å². The number of carbonyl (C=O) groups is 1. The van der Waals surface area contributed by atoms with Crippen LogP contribution < -0.4 is 10.1 Å². The summed E-state index contributed by atoms with van der Waals surface area (Å²) >= 11 is 6.16. The van der Waals surface area contributed by atoms with E-state index in [2.05, 4.69) is 22.4 Å². The van der Waals surface area contributed by atoms with E-state index >= 15 is 0 Å². The maximum absolute atomic E-state index is 12.3. The van der Waals surface area contributed by atoms with Crippen LogP contribution in [0.5, 0.6) is 5.75 Å². The summed E-state index contributed by atoms with van der Waals surface area (Å²) < 4.78 is 5.72. The number of nitrogens with one attached hydrogen (secondary N) is 2. The highest BCUT2D eigenvalue weighted by Crippen LogP contribution is 2.26. The predicted molar refractivity (Wildman–Crippen MR) is 115 cm³/mol. The Morgan fingerprint density at radius 2 is 2.00 bits per heavy atom. The fourth-order valence-corrected chi connectivity index (χ4v) is 3.43. The van der Waals surface area contributed by atoms with E-state index in [0.717, 1.165) is 32.6 Å². The third-order valence-electron chi connectivity index (χ3n) is 4.93. The lowest BCUT2D eigenvalue weighted by Gasteiger charge is -2.13. The minimum absolute atomic E-state index is 0.264. The van der Waals surface area contributed by atoms with Gasteiger partial charge < -0.3 is 15.0 Å². The molecule has 0 saturated heterocycles. The summed E-state index contributed by atoms with van der Waals surface area (Å²) in [6.45, 7) is 4.60. The number of aromatic nitrogens is 1. The summed E-state index contributed by atoms with van der Waals surface area (Å²) in [6.07, 6.45) is 2.99. The van der Waals surface area contributed by atoms with Crippen LogP contribution in [0.1, 0.15) is 23.1 Å². The normalized spacial score (nSPS) is 11.8. The number of hydrogen-bond donors (Lipinski definition) is 2. The Hall–Kier alpha value is -2.97. The molecule has 6 heteroatoms. The molecule has 29 heavy (non-hydrogen) atoms. The smallest absolute Gasteiger partial charge is 0.237 e. The number of carbonyl (C=O) groups excluding carboxylic acids is 1. The van der Waals surface area contributed by atoms with Crippen LogP contribution >= 0.6 is 11.6 Å². The standard InChI is InChI=1S/C23H24ClN3O2/c1-15-11-19(12-16(2)22(15)24)29-10-8-17(13-25)23(28)26-9-7-18-14-27-21-6-4-3-5-20(18)21/h3-6,11-12,14,17,27H,7-10H2,1-2H3,(H,26,28). The molecule has 0 fully saturated rings. The second-order valence-electron chi connectivity index (χ2n) is 7.09. The molecule has 0 aliphatic rings. The van der Waals surface area contributed by atoms with Gasteiger partial charge in [-0.2, -0.15) is 5.26 Å². The van der Waals surface area contributed by atoms with E-state index in [1.807, 2.05) is 50.4 Å². The van der Waals surface area contributed by atoms with Gasteiger partial charge in [0.15, 0.2) is 0 Å². The molecule has 1 heterocycles. The van der Waals surface area contributed by atoms with Gasteiger partial charge in [0.2, 0.25) is 5.91 Å². The van der Waals surface area contributed by atoms with Crippen LogP contribution in [-0.2, 0) is 11.2 Å². The number of nitrogens with zero attached hydrogens (tertiary/aromatic N) is 1. The molecule has 3 rings (SSSR count). The molecule has 0 radical (unpaired) electrons. The molecule has 2 aromatic carbocycles. The molecule has 1 atom stereocenters. The van der Waals surface area contributed by atoms with Crippen molar-refractivity contribution >= 4 is 28.4 Å². The summed E-state index contributed by atoms with van der Waals surface area (Å²) in [6, 6.07) is 13.8. The van der Waals surface area contributed by atoms with Gasteiger partial charge in [-0.3, -0.25) is 4.79 Å². The Bertz CT molecular complexity index is 1030. The third-order valence-corrected chi connectivity index (χ3v) is 5.52. The number of fused-ring (bicyclic) bond motifs is 1. The summed E-state index contributed by atoms with van der Waals surface area (Å²) in [5, 5.41) is 14.1. The molecule has 3 aromatic rings. The average Bonchev–Trinajstić information content (AvgIpc) is 3.12. The lowest BCUT2D eigenvalue weighted by Crippen LogP contribution is -2.32. The maximum atomic E-state index is 12.3. The van der Waals surface area contributed by atoms with E-state index in [-0.39, 0.29) is 12.5 Å². The average molecular weight is 410 g/mol. The summed E-state index contributed by atoms with van der Waals surface area (Å²) in [4.78, 5) is 15.6. The first-order valence-corrected chi connectivity index (χ1v) is 9.99. The van der Waals surface area contributed by atoms with Gasteiger partial charge in [0.1, 0.15) is 11.7 Å². The van der Waals surface area contributed by atoms with Crippen molar-refractivity contribution in [1.29, 1.82) is 5.26 Å². The molecule has 2 N–H and O–H groups in total. The van der Waals surface area contributed by atoms with Crippen molar-refractivity contribution in [3.8, 4) is 11.8 Å². The maximum Gasteiger partial charge on any atom is 0.237 e. The van der Waals surface area contributed by atoms with Gasteiger partial charge in [-0.05, 0) is 55.2 Å². The van der Waals surface area contributed by atoms with Gasteiger partial charge in [-0.1, -0.05) is 29.8 Å². The molecular weight excluding hydrogens is 386 g/mol. The molecule has 0 bridgehead atoms. The van der Waals surface area contributed by atoms with Crippen LogP contribution in [-0.4, -0.2) is 24.0 Å². The lowest BCUT2D eigenvalue weighted by atomic mass is 10.1. The molecule has 150 valence electrons. The van der Waals surface area contributed by atoms with E-state index in [9.17, 15) is 10.1 Å². The molecule has 0 saturated carbocycles. The third kappa shape index (κ3) is 5.10. The molecule has 0 aliphatic heterocycles. The zero-order chi connectivity index (χ0) is 20.8. The van der Waals surface area contributed by atoms with Gasteiger partial charge in [0.05, 0.1) is 12.7 Å². The number of nitriles is 1. The van der Waals surface area contributed by atoms with Crippen LogP contribution in [0, 0.1) is 31.1 Å². The van der Waals surface area contributed by atoms with Crippen molar-refractivity contribution < 1.29 is 9.53 Å². The second kappa shape index (κ2) is 9.49. The van der Waals surface area contributed by atoms with Crippen molar-refractivity contribution in [3.05, 3.63) is 64.3 Å². The fraction of sp³-hybridized carbons (Fsp3) is 0.304. The van der Waals surface area contributed by atoms with E-state index in [1.54, 1.807) is 0 Å². The van der Waals surface area contributed by atoms with E-state index < -0.39 is 5.92 Å². The number of rotatable bonds is 8. The van der Waals surface area contributed by atoms with Crippen molar-refractivity contribution in [2.24, 2.45) is 5.92 Å². The van der Waals surface area contributed by atoms with Gasteiger partial charge in [-0.25, -0.2) is 0 Å². The first-order valence-electron chi connectivity index (χ1n) is 9.61. The minimum Gasteiger partial charge on any atom is -0.494 e. The quantitative estimate of drug-likeness (QED) is 0.565. The number of benzene rings is 2. The molecular formula is C23H24ClN3O2. The Kier molecular flexibility index (Phi) is 6.79. The number of ether oxygens (including phenoxy) is 1. The number of halogens is 1. The van der Waals surface area contributed by atoms with Crippen LogP contribution in [0.15, 0.2) is 42.6 Å². The highest BCUT2D eigenvalue weighted by Gasteiger charge is 2.18. The van der Waals surface area contributed by atoms with Gasteiger partial charge in [0.25, 0.3) is 0 Å². The van der Waals surface area contributed by atoms with Crippen LogP contribution in [0.4, 0.5) is 0 Å². The molecule has 5 nitrogen and oxygen atoms in total. The second-order valence-corrected chi connectivity index (χ2v) is 7.47. The van der Waals surface area contributed by atoms with Gasteiger partial charge >= 0.3 is 0 Å². The summed E-state index contributed by atoms with van der Waals surface area (Å²) in [5.41, 5.74) is 4.10. The molecule has 1 amide bonds. The monoisotopic (exact) mass is 409 g/mol. The zero-order valence-corrected chi connectivity index (χ0v) is 17.3. The van der Waals surface area contributed by atoms with Crippen LogP contribution in [0.3, 0.4) is 0 Å². The predicted octanol–water partition coefficient (Wildman–Crippen LogP) is 4.71. The SMILES string of the molecule is Cc1cc(OCCC(C#N)C(=O)NCCc2c[nH]c3ccccc23)cc(C)c1Cl. The lowest BCUT2D eigenvalue weighted by molar-refractivity contribution is -0.123. The molecule has 1 unspecified atom stereocenters.